The molecule has 0 saturated heterocycles. The molecule has 0 spiro atoms. The fourth-order valence-electron chi connectivity index (χ4n) is 1.33. The monoisotopic (exact) mass is 452 g/mol. The molecule has 0 saturated carbocycles. The molecule has 0 bridgehead atoms. The third-order valence-corrected chi connectivity index (χ3v) is 4.98. The van der Waals surface area contributed by atoms with Crippen molar-refractivity contribution in [3.63, 3.8) is 0 Å². The number of benzene rings is 1. The molecule has 1 aliphatic rings. The van der Waals surface area contributed by atoms with E-state index in [-0.39, 0.29) is 5.56 Å². The van der Waals surface area contributed by atoms with Gasteiger partial charge in [-0.3, -0.25) is 0 Å². The normalized spacial score (nSPS) is 15.6. The minimum absolute atomic E-state index is 0.213. The number of carbonyl (C=O) groups excluding carboxylic acids is 2. The van der Waals surface area contributed by atoms with Crippen LogP contribution in [0.25, 0.3) is 0 Å². The number of rotatable bonds is 1. The van der Waals surface area contributed by atoms with Gasteiger partial charge in [-0.25, -0.2) is 0 Å². The molecule has 0 unspecified atom stereocenters. The third kappa shape index (κ3) is 2.32. The van der Waals surface area contributed by atoms with Crippen molar-refractivity contribution >= 4 is 47.2 Å². The van der Waals surface area contributed by atoms with E-state index in [0.717, 1.165) is 6.07 Å². The SMILES string of the molecule is O=C1[O][Pb][O]C(=O)c2c1cccc2S(=O)(=O)O. The maximum absolute atomic E-state index is 11.5. The average molecular weight is 451 g/mol. The predicted octanol–water partition coefficient (Wildman–Crippen LogP) is -0.205. The molecule has 1 aromatic carbocycles. The van der Waals surface area contributed by atoms with Crippen LogP contribution in [0.1, 0.15) is 20.7 Å². The summed E-state index contributed by atoms with van der Waals surface area (Å²) in [6, 6.07) is 3.49. The van der Waals surface area contributed by atoms with Crippen LogP contribution in [0.4, 0.5) is 0 Å². The van der Waals surface area contributed by atoms with Gasteiger partial charge >= 0.3 is 109 Å². The van der Waals surface area contributed by atoms with Gasteiger partial charge in [-0.1, -0.05) is 0 Å². The molecular formula is C8H4O7PbS. The fourth-order valence-corrected chi connectivity index (χ4v) is 3.61. The van der Waals surface area contributed by atoms with E-state index in [4.69, 9.17) is 7.24 Å². The van der Waals surface area contributed by atoms with E-state index in [1.807, 2.05) is 0 Å². The van der Waals surface area contributed by atoms with Crippen LogP contribution in [-0.2, 0) is 15.5 Å². The van der Waals surface area contributed by atoms with Gasteiger partial charge in [-0.15, -0.1) is 0 Å². The van der Waals surface area contributed by atoms with E-state index in [1.165, 1.54) is 12.1 Å². The molecule has 0 aromatic heterocycles. The fraction of sp³-hybridized carbons (Fsp3) is 0. The van der Waals surface area contributed by atoms with E-state index in [9.17, 15) is 18.0 Å². The molecule has 1 N–H and O–H groups in total. The summed E-state index contributed by atoms with van der Waals surface area (Å²) < 4.78 is 40.5. The van der Waals surface area contributed by atoms with Crippen molar-refractivity contribution in [1.82, 2.24) is 0 Å². The molecule has 2 radical (unpaired) electrons. The second kappa shape index (κ2) is 4.34. The van der Waals surface area contributed by atoms with E-state index in [1.54, 1.807) is 0 Å². The van der Waals surface area contributed by atoms with Gasteiger partial charge in [0.25, 0.3) is 0 Å². The molecule has 0 aliphatic carbocycles. The Morgan fingerprint density at radius 2 is 1.76 bits per heavy atom. The number of hydrogen-bond acceptors (Lipinski definition) is 6. The second-order valence-corrected chi connectivity index (χ2v) is 6.64. The Hall–Kier alpha value is -1.01. The zero-order chi connectivity index (χ0) is 12.6. The molecular weight excluding hydrogens is 447 g/mol. The van der Waals surface area contributed by atoms with Gasteiger partial charge in [0, 0.05) is 0 Å². The first-order chi connectivity index (χ1) is 7.91. The summed E-state index contributed by atoms with van der Waals surface area (Å²) in [6.07, 6.45) is 0. The summed E-state index contributed by atoms with van der Waals surface area (Å²) in [6.45, 7) is 0. The number of fused-ring (bicyclic) bond motifs is 1. The van der Waals surface area contributed by atoms with Crippen molar-refractivity contribution in [3.8, 4) is 0 Å². The van der Waals surface area contributed by atoms with Crippen molar-refractivity contribution in [1.29, 1.82) is 0 Å². The van der Waals surface area contributed by atoms with Gasteiger partial charge in [0.05, 0.1) is 0 Å². The summed E-state index contributed by atoms with van der Waals surface area (Å²) in [5.41, 5.74) is -0.680. The van der Waals surface area contributed by atoms with E-state index >= 15 is 0 Å². The zero-order valence-electron chi connectivity index (χ0n) is 8.04. The zero-order valence-corrected chi connectivity index (χ0v) is 12.7. The van der Waals surface area contributed by atoms with Crippen molar-refractivity contribution in [2.24, 2.45) is 0 Å². The van der Waals surface area contributed by atoms with Crippen molar-refractivity contribution < 1.29 is 27.9 Å². The van der Waals surface area contributed by atoms with Gasteiger partial charge in [-0.2, -0.15) is 0 Å². The van der Waals surface area contributed by atoms with E-state index in [0.29, 0.717) is 0 Å². The Morgan fingerprint density at radius 1 is 1.12 bits per heavy atom. The van der Waals surface area contributed by atoms with Crippen LogP contribution < -0.4 is 0 Å². The van der Waals surface area contributed by atoms with Crippen molar-refractivity contribution in [2.75, 3.05) is 0 Å². The average Bonchev–Trinajstić information content (AvgIpc) is 2.39. The van der Waals surface area contributed by atoms with Crippen molar-refractivity contribution in [2.45, 2.75) is 4.90 Å². The molecule has 88 valence electrons. The molecule has 2 rings (SSSR count). The summed E-state index contributed by atoms with van der Waals surface area (Å²) >= 11 is -2.31. The molecule has 0 fully saturated rings. The minimum atomic E-state index is -4.60. The van der Waals surface area contributed by atoms with Gasteiger partial charge in [-0.05, 0) is 0 Å². The molecule has 1 aliphatic heterocycles. The molecule has 0 amide bonds. The first-order valence-corrected chi connectivity index (χ1v) is 8.80. The van der Waals surface area contributed by atoms with Crippen LogP contribution in [0.15, 0.2) is 23.1 Å². The van der Waals surface area contributed by atoms with Crippen LogP contribution in [0.3, 0.4) is 0 Å². The Morgan fingerprint density at radius 3 is 2.41 bits per heavy atom. The molecule has 7 nitrogen and oxygen atoms in total. The topological polar surface area (TPSA) is 107 Å². The van der Waals surface area contributed by atoms with Gasteiger partial charge in [0.2, 0.25) is 0 Å². The van der Waals surface area contributed by atoms with E-state index < -0.39 is 57.7 Å². The number of hydrogen-bond donors (Lipinski definition) is 1. The summed E-state index contributed by atoms with van der Waals surface area (Å²) in [5.74, 6) is -1.76. The molecule has 1 heterocycles. The third-order valence-electron chi connectivity index (χ3n) is 2.00. The Kier molecular flexibility index (Phi) is 3.18. The van der Waals surface area contributed by atoms with Gasteiger partial charge < -0.3 is 0 Å². The summed E-state index contributed by atoms with van der Waals surface area (Å²) in [5, 5.41) is 0. The standard InChI is InChI=1S/C8H6O7S.Pb/c9-7(10)4-2-1-3-5(16(13,14)15)6(4)8(11)12;/h1-3H,(H,9,10)(H,11,12)(H,13,14,15);/q;+2/p-2. The van der Waals surface area contributed by atoms with Crippen LogP contribution in [0, 0.1) is 0 Å². The predicted molar refractivity (Wildman–Crippen MR) is 52.8 cm³/mol. The van der Waals surface area contributed by atoms with Gasteiger partial charge in [0.15, 0.2) is 0 Å². The molecule has 17 heavy (non-hydrogen) atoms. The number of carbonyl (C=O) groups is 2. The van der Waals surface area contributed by atoms with Crippen LogP contribution in [0.5, 0.6) is 0 Å². The van der Waals surface area contributed by atoms with Crippen molar-refractivity contribution in [3.05, 3.63) is 29.3 Å². The van der Waals surface area contributed by atoms with E-state index in [2.05, 4.69) is 2.69 Å². The quantitative estimate of drug-likeness (QED) is 0.465. The van der Waals surface area contributed by atoms with Crippen LogP contribution >= 0.6 is 0 Å². The Bertz CT molecular complexity index is 606. The second-order valence-electron chi connectivity index (χ2n) is 3.02. The molecule has 1 aromatic rings. The Labute approximate surface area is 109 Å². The molecule has 0 atom stereocenters. The first kappa shape index (κ1) is 12.4. The molecule has 9 heteroatoms. The first-order valence-electron chi connectivity index (χ1n) is 4.19. The summed E-state index contributed by atoms with van der Waals surface area (Å²) in [7, 11) is -4.60. The Balaban J connectivity index is 2.79. The van der Waals surface area contributed by atoms with Gasteiger partial charge in [0.1, 0.15) is 0 Å². The summed E-state index contributed by atoms with van der Waals surface area (Å²) in [4.78, 5) is 22.3. The maximum atomic E-state index is 11.5. The van der Waals surface area contributed by atoms with Crippen LogP contribution in [0.2, 0.25) is 0 Å². The van der Waals surface area contributed by atoms with Crippen LogP contribution in [-0.4, -0.2) is 50.1 Å².